The number of nitrogens with one attached hydrogen (secondary N) is 2. The number of hydrogen-bond donors (Lipinski definition) is 3. The van der Waals surface area contributed by atoms with Crippen molar-refractivity contribution in [3.05, 3.63) is 23.2 Å². The highest BCUT2D eigenvalue weighted by atomic mass is 35.5. The van der Waals surface area contributed by atoms with Gasteiger partial charge in [0.1, 0.15) is 4.90 Å². The Morgan fingerprint density at radius 1 is 1.35 bits per heavy atom. The highest BCUT2D eigenvalue weighted by Gasteiger charge is 2.17. The van der Waals surface area contributed by atoms with Crippen molar-refractivity contribution in [2.24, 2.45) is 0 Å². The molecule has 1 aromatic carbocycles. The number of carbonyl (C=O) groups excluding carboxylic acids is 1. The van der Waals surface area contributed by atoms with Gasteiger partial charge < -0.3 is 11.1 Å². The molecule has 0 aliphatic heterocycles. The number of rotatable bonds is 7. The van der Waals surface area contributed by atoms with Gasteiger partial charge in [0.15, 0.2) is 0 Å². The molecule has 0 aromatic heterocycles. The van der Waals surface area contributed by atoms with Crippen molar-refractivity contribution in [3.63, 3.8) is 0 Å². The average molecular weight is 320 g/mol. The Morgan fingerprint density at radius 2 is 2.05 bits per heavy atom. The van der Waals surface area contributed by atoms with Crippen molar-refractivity contribution in [1.29, 1.82) is 0 Å². The van der Waals surface area contributed by atoms with E-state index < -0.39 is 10.0 Å². The predicted molar refractivity (Wildman–Crippen MR) is 79.0 cm³/mol. The molecule has 0 aliphatic rings. The third-order valence-electron chi connectivity index (χ3n) is 2.48. The van der Waals surface area contributed by atoms with E-state index in [9.17, 15) is 13.2 Å². The lowest BCUT2D eigenvalue weighted by atomic mass is 10.3. The molecule has 0 unspecified atom stereocenters. The molecule has 8 heteroatoms. The SMILES string of the molecule is CCCNC(=O)CCNS(=O)(=O)c1ccc(Cl)cc1N. The number of nitrogens with two attached hydrogens (primary N) is 1. The number of sulfonamides is 1. The smallest absolute Gasteiger partial charge is 0.242 e. The van der Waals surface area contributed by atoms with E-state index >= 15 is 0 Å². The predicted octanol–water partition coefficient (Wildman–Crippen LogP) is 1.12. The number of amides is 1. The molecule has 1 amide bonds. The summed E-state index contributed by atoms with van der Waals surface area (Å²) in [6, 6.07) is 4.14. The fraction of sp³-hybridized carbons (Fsp3) is 0.417. The quantitative estimate of drug-likeness (QED) is 0.655. The molecule has 0 bridgehead atoms. The number of anilines is 1. The Hall–Kier alpha value is -1.31. The van der Waals surface area contributed by atoms with Gasteiger partial charge in [0.05, 0.1) is 5.69 Å². The molecule has 20 heavy (non-hydrogen) atoms. The van der Waals surface area contributed by atoms with E-state index in [0.717, 1.165) is 6.42 Å². The lowest BCUT2D eigenvalue weighted by Crippen LogP contribution is -2.31. The summed E-state index contributed by atoms with van der Waals surface area (Å²) in [5.41, 5.74) is 5.69. The monoisotopic (exact) mass is 319 g/mol. The second-order valence-corrected chi connectivity index (χ2v) is 6.35. The fourth-order valence-corrected chi connectivity index (χ4v) is 2.82. The van der Waals surface area contributed by atoms with Crippen LogP contribution in [0.3, 0.4) is 0 Å². The Morgan fingerprint density at radius 3 is 2.65 bits per heavy atom. The molecular formula is C12H18ClN3O3S. The van der Waals surface area contributed by atoms with Crippen molar-refractivity contribution >= 4 is 33.2 Å². The van der Waals surface area contributed by atoms with Gasteiger partial charge in [-0.25, -0.2) is 13.1 Å². The summed E-state index contributed by atoms with van der Waals surface area (Å²) in [7, 11) is -3.74. The van der Waals surface area contributed by atoms with Crippen LogP contribution in [0.2, 0.25) is 5.02 Å². The minimum Gasteiger partial charge on any atom is -0.398 e. The summed E-state index contributed by atoms with van der Waals surface area (Å²) >= 11 is 5.71. The molecule has 0 aliphatic carbocycles. The summed E-state index contributed by atoms with van der Waals surface area (Å²) in [5, 5.41) is 3.02. The van der Waals surface area contributed by atoms with Gasteiger partial charge in [-0.3, -0.25) is 4.79 Å². The maximum Gasteiger partial charge on any atom is 0.242 e. The van der Waals surface area contributed by atoms with E-state index in [4.69, 9.17) is 17.3 Å². The summed E-state index contributed by atoms with van der Waals surface area (Å²) in [6.07, 6.45) is 0.908. The molecule has 0 saturated heterocycles. The normalized spacial score (nSPS) is 11.3. The maximum atomic E-state index is 12.0. The summed E-state index contributed by atoms with van der Waals surface area (Å²) in [5.74, 6) is -0.196. The number of carbonyl (C=O) groups is 1. The zero-order valence-electron chi connectivity index (χ0n) is 11.1. The molecule has 112 valence electrons. The first-order valence-corrected chi connectivity index (χ1v) is 8.04. The van der Waals surface area contributed by atoms with Crippen molar-refractivity contribution < 1.29 is 13.2 Å². The molecule has 1 aromatic rings. The standard InChI is InChI=1S/C12H18ClN3O3S/c1-2-6-15-12(17)5-7-16-20(18,19)11-4-3-9(13)8-10(11)14/h3-4,8,16H,2,5-7,14H2,1H3,(H,15,17). The Kier molecular flexibility index (Phi) is 6.25. The first-order valence-electron chi connectivity index (χ1n) is 6.18. The lowest BCUT2D eigenvalue weighted by Gasteiger charge is -2.09. The van der Waals surface area contributed by atoms with E-state index in [2.05, 4.69) is 10.0 Å². The molecule has 0 radical (unpaired) electrons. The van der Waals surface area contributed by atoms with Crippen molar-refractivity contribution in [3.8, 4) is 0 Å². The number of benzene rings is 1. The van der Waals surface area contributed by atoms with Crippen LogP contribution < -0.4 is 15.8 Å². The van der Waals surface area contributed by atoms with Crippen molar-refractivity contribution in [1.82, 2.24) is 10.0 Å². The van der Waals surface area contributed by atoms with Gasteiger partial charge in [-0.1, -0.05) is 18.5 Å². The second-order valence-electron chi connectivity index (χ2n) is 4.18. The number of nitrogen functional groups attached to an aromatic ring is 1. The van der Waals surface area contributed by atoms with E-state index in [1.54, 1.807) is 0 Å². The largest absolute Gasteiger partial charge is 0.398 e. The zero-order chi connectivity index (χ0) is 15.2. The third-order valence-corrected chi connectivity index (χ3v) is 4.25. The van der Waals surface area contributed by atoms with Crippen molar-refractivity contribution in [2.45, 2.75) is 24.7 Å². The van der Waals surface area contributed by atoms with Crippen LogP contribution >= 0.6 is 11.6 Å². The van der Waals surface area contributed by atoms with Crippen LogP contribution in [-0.4, -0.2) is 27.4 Å². The first kappa shape index (κ1) is 16.7. The summed E-state index contributed by atoms with van der Waals surface area (Å²) < 4.78 is 26.3. The van der Waals surface area contributed by atoms with E-state index in [1.807, 2.05) is 6.92 Å². The zero-order valence-corrected chi connectivity index (χ0v) is 12.7. The number of halogens is 1. The molecule has 0 heterocycles. The van der Waals surface area contributed by atoms with Crippen molar-refractivity contribution in [2.75, 3.05) is 18.8 Å². The minimum atomic E-state index is -3.74. The molecule has 4 N–H and O–H groups in total. The lowest BCUT2D eigenvalue weighted by molar-refractivity contribution is -0.120. The van der Waals surface area contributed by atoms with Gasteiger partial charge in [0.2, 0.25) is 15.9 Å². The summed E-state index contributed by atoms with van der Waals surface area (Å²) in [6.45, 7) is 2.53. The van der Waals surface area contributed by atoms with E-state index in [-0.39, 0.29) is 29.5 Å². The van der Waals surface area contributed by atoms with Crippen LogP contribution in [0.25, 0.3) is 0 Å². The van der Waals surface area contributed by atoms with Crippen LogP contribution in [0, 0.1) is 0 Å². The van der Waals surface area contributed by atoms with Gasteiger partial charge in [0, 0.05) is 24.5 Å². The minimum absolute atomic E-state index is 0.0138. The third kappa shape index (κ3) is 4.99. The molecule has 0 atom stereocenters. The van der Waals surface area contributed by atoms with Crippen LogP contribution in [0.5, 0.6) is 0 Å². The van der Waals surface area contributed by atoms with Crippen LogP contribution in [0.4, 0.5) is 5.69 Å². The molecular weight excluding hydrogens is 302 g/mol. The van der Waals surface area contributed by atoms with Crippen LogP contribution in [0.15, 0.2) is 23.1 Å². The molecule has 0 fully saturated rings. The van der Waals surface area contributed by atoms with E-state index in [1.165, 1.54) is 18.2 Å². The van der Waals surface area contributed by atoms with Gasteiger partial charge in [-0.05, 0) is 24.6 Å². The highest BCUT2D eigenvalue weighted by molar-refractivity contribution is 7.89. The fourth-order valence-electron chi connectivity index (χ4n) is 1.49. The topological polar surface area (TPSA) is 101 Å². The van der Waals surface area contributed by atoms with Gasteiger partial charge >= 0.3 is 0 Å². The Balaban J connectivity index is 2.60. The van der Waals surface area contributed by atoms with Gasteiger partial charge in [-0.2, -0.15) is 0 Å². The Labute approximate surface area is 123 Å². The average Bonchev–Trinajstić information content (AvgIpc) is 2.35. The Bertz CT molecular complexity index is 575. The van der Waals surface area contributed by atoms with E-state index in [0.29, 0.717) is 11.6 Å². The molecule has 0 spiro atoms. The maximum absolute atomic E-state index is 12.0. The molecule has 6 nitrogen and oxygen atoms in total. The highest BCUT2D eigenvalue weighted by Crippen LogP contribution is 2.22. The van der Waals surface area contributed by atoms with Crippen LogP contribution in [-0.2, 0) is 14.8 Å². The first-order chi connectivity index (χ1) is 9.36. The van der Waals surface area contributed by atoms with Gasteiger partial charge in [0.25, 0.3) is 0 Å². The molecule has 1 rings (SSSR count). The number of hydrogen-bond acceptors (Lipinski definition) is 4. The van der Waals surface area contributed by atoms with Gasteiger partial charge in [-0.15, -0.1) is 0 Å². The summed E-state index contributed by atoms with van der Waals surface area (Å²) in [4.78, 5) is 11.3. The molecule has 0 saturated carbocycles. The van der Waals surface area contributed by atoms with Crippen LogP contribution in [0.1, 0.15) is 19.8 Å². The second kappa shape index (κ2) is 7.47.